The van der Waals surface area contributed by atoms with Gasteiger partial charge in [0, 0.05) is 38.2 Å². The number of likely N-dealkylation sites (tertiary alicyclic amines) is 1. The number of nitrogens with one attached hydrogen (secondary N) is 1. The lowest BCUT2D eigenvalue weighted by molar-refractivity contribution is -0.129. The topological polar surface area (TPSA) is 85.2 Å². The summed E-state index contributed by atoms with van der Waals surface area (Å²) < 4.78 is 7.34. The van der Waals surface area contributed by atoms with Crippen LogP contribution in [-0.2, 0) is 11.8 Å². The van der Waals surface area contributed by atoms with Crippen molar-refractivity contribution in [3.05, 3.63) is 30.1 Å². The van der Waals surface area contributed by atoms with Crippen LogP contribution in [0.25, 0.3) is 22.6 Å². The van der Waals surface area contributed by atoms with Crippen LogP contribution in [0.1, 0.15) is 25.3 Å². The monoisotopic (exact) mass is 394 g/mol. The molecule has 0 bridgehead atoms. The molecule has 1 amide bonds. The molecule has 0 saturated carbocycles. The Morgan fingerprint density at radius 1 is 1.34 bits per heavy atom. The van der Waals surface area contributed by atoms with Crippen molar-refractivity contribution in [2.75, 3.05) is 25.5 Å². The van der Waals surface area contributed by atoms with Crippen molar-refractivity contribution in [2.24, 2.45) is 7.05 Å². The first-order valence-corrected chi connectivity index (χ1v) is 9.88. The minimum Gasteiger partial charge on any atom is -0.496 e. The summed E-state index contributed by atoms with van der Waals surface area (Å²) in [4.78, 5) is 27.6. The van der Waals surface area contributed by atoms with Gasteiger partial charge < -0.3 is 19.5 Å². The molecule has 8 nitrogen and oxygen atoms in total. The van der Waals surface area contributed by atoms with Crippen LogP contribution in [0.4, 0.5) is 5.82 Å². The second-order valence-corrected chi connectivity index (χ2v) is 7.40. The van der Waals surface area contributed by atoms with Crippen molar-refractivity contribution in [3.63, 3.8) is 0 Å². The molecule has 0 radical (unpaired) electrons. The number of aromatic nitrogens is 4. The number of ether oxygens (including phenoxy) is 1. The highest BCUT2D eigenvalue weighted by Crippen LogP contribution is 2.29. The third-order valence-electron chi connectivity index (χ3n) is 5.49. The highest BCUT2D eigenvalue weighted by Gasteiger charge is 2.26. The molecule has 2 aromatic heterocycles. The number of imidazole rings is 1. The maximum atomic E-state index is 12.0. The van der Waals surface area contributed by atoms with Gasteiger partial charge in [-0.05, 0) is 37.1 Å². The molecule has 1 unspecified atom stereocenters. The summed E-state index contributed by atoms with van der Waals surface area (Å²) in [7, 11) is 3.63. The van der Waals surface area contributed by atoms with E-state index < -0.39 is 0 Å². The number of methoxy groups -OCH3 is 1. The number of rotatable bonds is 5. The maximum Gasteiger partial charge on any atom is 0.222 e. The van der Waals surface area contributed by atoms with Crippen molar-refractivity contribution in [3.8, 4) is 17.1 Å². The predicted molar refractivity (Wildman–Crippen MR) is 112 cm³/mol. The highest BCUT2D eigenvalue weighted by molar-refractivity contribution is 5.86. The van der Waals surface area contributed by atoms with E-state index in [2.05, 4.69) is 21.4 Å². The molecule has 152 valence electrons. The summed E-state index contributed by atoms with van der Waals surface area (Å²) >= 11 is 0. The number of aryl methyl sites for hydroxylation is 2. The van der Waals surface area contributed by atoms with Crippen LogP contribution >= 0.6 is 0 Å². The molecule has 1 N–H and O–H groups in total. The third kappa shape index (κ3) is 3.50. The maximum absolute atomic E-state index is 12.0. The Kier molecular flexibility index (Phi) is 5.08. The van der Waals surface area contributed by atoms with Crippen LogP contribution < -0.4 is 10.1 Å². The molecule has 1 aliphatic heterocycles. The minimum absolute atomic E-state index is 0.164. The van der Waals surface area contributed by atoms with Gasteiger partial charge in [0.25, 0.3) is 0 Å². The SMILES string of the molecule is CCC(=O)N1CCC(Nc2ncnc3c2nc(-c2ccc(OC)c(C)c2)n3C)C1. The van der Waals surface area contributed by atoms with Gasteiger partial charge >= 0.3 is 0 Å². The molecule has 3 heterocycles. The largest absolute Gasteiger partial charge is 0.496 e. The van der Waals surface area contributed by atoms with E-state index in [0.717, 1.165) is 46.8 Å². The lowest BCUT2D eigenvalue weighted by atomic mass is 10.1. The summed E-state index contributed by atoms with van der Waals surface area (Å²) in [5.74, 6) is 2.57. The van der Waals surface area contributed by atoms with Crippen molar-refractivity contribution in [2.45, 2.75) is 32.7 Å². The van der Waals surface area contributed by atoms with Crippen LogP contribution in [0.5, 0.6) is 5.75 Å². The fourth-order valence-corrected chi connectivity index (χ4v) is 3.90. The summed E-state index contributed by atoms with van der Waals surface area (Å²) in [6, 6.07) is 6.18. The van der Waals surface area contributed by atoms with Crippen LogP contribution in [0.2, 0.25) is 0 Å². The Labute approximate surface area is 169 Å². The second-order valence-electron chi connectivity index (χ2n) is 7.40. The standard InChI is InChI=1S/C21H26N6O2/c1-5-17(28)27-9-8-15(11-27)24-19-18-21(23-12-22-19)26(3)20(25-18)14-6-7-16(29-4)13(2)10-14/h6-7,10,12,15H,5,8-9,11H2,1-4H3,(H,22,23,24). The molecule has 3 aromatic rings. The number of anilines is 1. The quantitative estimate of drug-likeness (QED) is 0.716. The first kappa shape index (κ1) is 19.2. The second kappa shape index (κ2) is 7.69. The van der Waals surface area contributed by atoms with Gasteiger partial charge in [0.1, 0.15) is 17.9 Å². The summed E-state index contributed by atoms with van der Waals surface area (Å²) in [6.07, 6.45) is 2.99. The van der Waals surface area contributed by atoms with Gasteiger partial charge in [0.2, 0.25) is 5.91 Å². The van der Waals surface area contributed by atoms with Gasteiger partial charge in [-0.25, -0.2) is 15.0 Å². The fourth-order valence-electron chi connectivity index (χ4n) is 3.90. The van der Waals surface area contributed by atoms with Crippen LogP contribution in [0.3, 0.4) is 0 Å². The van der Waals surface area contributed by atoms with E-state index in [0.29, 0.717) is 18.8 Å². The highest BCUT2D eigenvalue weighted by atomic mass is 16.5. The van der Waals surface area contributed by atoms with Gasteiger partial charge in [-0.3, -0.25) is 4.79 Å². The summed E-state index contributed by atoms with van der Waals surface area (Å²) in [5.41, 5.74) is 3.55. The Bertz CT molecular complexity index is 1060. The van der Waals surface area contributed by atoms with Crippen LogP contribution in [0, 0.1) is 6.92 Å². The van der Waals surface area contributed by atoms with E-state index in [4.69, 9.17) is 9.72 Å². The van der Waals surface area contributed by atoms with Crippen molar-refractivity contribution < 1.29 is 9.53 Å². The number of hydrogen-bond donors (Lipinski definition) is 1. The van der Waals surface area contributed by atoms with Crippen LogP contribution in [0.15, 0.2) is 24.5 Å². The van der Waals surface area contributed by atoms with Gasteiger partial charge in [-0.2, -0.15) is 0 Å². The average Bonchev–Trinajstić information content (AvgIpc) is 3.33. The molecular weight excluding hydrogens is 368 g/mol. The van der Waals surface area contributed by atoms with E-state index >= 15 is 0 Å². The van der Waals surface area contributed by atoms with Crippen molar-refractivity contribution in [1.29, 1.82) is 0 Å². The van der Waals surface area contributed by atoms with Gasteiger partial charge in [-0.15, -0.1) is 0 Å². The Morgan fingerprint density at radius 2 is 2.17 bits per heavy atom. The zero-order valence-corrected chi connectivity index (χ0v) is 17.3. The van der Waals surface area contributed by atoms with Gasteiger partial charge in [0.05, 0.1) is 7.11 Å². The van der Waals surface area contributed by atoms with E-state index in [1.165, 1.54) is 0 Å². The number of nitrogens with zero attached hydrogens (tertiary/aromatic N) is 5. The van der Waals surface area contributed by atoms with E-state index in [1.54, 1.807) is 13.4 Å². The van der Waals surface area contributed by atoms with Gasteiger partial charge in [0.15, 0.2) is 17.0 Å². The third-order valence-corrected chi connectivity index (χ3v) is 5.49. The first-order valence-electron chi connectivity index (χ1n) is 9.88. The molecule has 1 fully saturated rings. The Hall–Kier alpha value is -3.16. The molecule has 0 spiro atoms. The molecular formula is C21H26N6O2. The number of carbonyl (C=O) groups is 1. The lowest BCUT2D eigenvalue weighted by Gasteiger charge is -2.16. The number of carbonyl (C=O) groups excluding carboxylic acids is 1. The fraction of sp³-hybridized carbons (Fsp3) is 0.429. The number of benzene rings is 1. The van der Waals surface area contributed by atoms with Gasteiger partial charge in [-0.1, -0.05) is 6.92 Å². The minimum atomic E-state index is 0.164. The molecule has 1 atom stereocenters. The van der Waals surface area contributed by atoms with E-state index in [9.17, 15) is 4.79 Å². The van der Waals surface area contributed by atoms with Crippen molar-refractivity contribution in [1.82, 2.24) is 24.4 Å². The Balaban J connectivity index is 1.65. The number of amides is 1. The molecule has 1 aromatic carbocycles. The Morgan fingerprint density at radius 3 is 2.90 bits per heavy atom. The predicted octanol–water partition coefficient (Wildman–Crippen LogP) is 2.77. The van der Waals surface area contributed by atoms with Crippen molar-refractivity contribution >= 4 is 22.9 Å². The summed E-state index contributed by atoms with van der Waals surface area (Å²) in [5, 5.41) is 3.47. The van der Waals surface area contributed by atoms with E-state index in [-0.39, 0.29) is 11.9 Å². The zero-order chi connectivity index (χ0) is 20.5. The lowest BCUT2D eigenvalue weighted by Crippen LogP contribution is -2.31. The molecule has 8 heteroatoms. The molecule has 0 aliphatic carbocycles. The molecule has 1 aliphatic rings. The smallest absolute Gasteiger partial charge is 0.222 e. The molecule has 29 heavy (non-hydrogen) atoms. The average molecular weight is 394 g/mol. The normalized spacial score (nSPS) is 16.4. The first-order chi connectivity index (χ1) is 14.0. The summed E-state index contributed by atoms with van der Waals surface area (Å²) in [6.45, 7) is 5.38. The zero-order valence-electron chi connectivity index (χ0n) is 17.3. The number of hydrogen-bond acceptors (Lipinski definition) is 6. The molecule has 1 saturated heterocycles. The van der Waals surface area contributed by atoms with Crippen LogP contribution in [-0.4, -0.2) is 56.6 Å². The molecule has 4 rings (SSSR count). The van der Waals surface area contributed by atoms with E-state index in [1.807, 2.05) is 42.5 Å². The number of fused-ring (bicyclic) bond motifs is 1.